The van der Waals surface area contributed by atoms with Gasteiger partial charge in [-0.3, -0.25) is 4.79 Å². The molecule has 0 unspecified atom stereocenters. The number of nitrogens with zero attached hydrogens (tertiary/aromatic N) is 2. The molecule has 1 aromatic rings. The topological polar surface area (TPSA) is 33.2 Å². The fourth-order valence-electron chi connectivity index (χ4n) is 1.23. The molecule has 0 radical (unpaired) electrons. The predicted octanol–water partition coefficient (Wildman–Crippen LogP) is 1.63. The standard InChI is InChI=1S/C9H10N2OS/c1-2-7-8(10-6-13-7)9(12)11-4-3-5-11/h2,6H,1,3-5H2. The first-order valence-corrected chi connectivity index (χ1v) is 5.06. The second-order valence-electron chi connectivity index (χ2n) is 2.92. The van der Waals surface area contributed by atoms with Gasteiger partial charge in [0.05, 0.1) is 10.4 Å². The predicted molar refractivity (Wildman–Crippen MR) is 52.7 cm³/mol. The number of amides is 1. The molecule has 0 spiro atoms. The van der Waals surface area contributed by atoms with Gasteiger partial charge >= 0.3 is 0 Å². The minimum Gasteiger partial charge on any atom is -0.337 e. The maximum atomic E-state index is 11.7. The van der Waals surface area contributed by atoms with Crippen LogP contribution in [0, 0.1) is 0 Å². The van der Waals surface area contributed by atoms with Gasteiger partial charge < -0.3 is 4.90 Å². The Balaban J connectivity index is 2.23. The number of likely N-dealkylation sites (tertiary alicyclic amines) is 1. The summed E-state index contributed by atoms with van der Waals surface area (Å²) < 4.78 is 0. The Bertz CT molecular complexity index is 341. The summed E-state index contributed by atoms with van der Waals surface area (Å²) in [5.41, 5.74) is 2.24. The summed E-state index contributed by atoms with van der Waals surface area (Å²) in [6, 6.07) is 0. The van der Waals surface area contributed by atoms with Crippen LogP contribution in [0.1, 0.15) is 21.8 Å². The van der Waals surface area contributed by atoms with Gasteiger partial charge in [-0.25, -0.2) is 4.98 Å². The van der Waals surface area contributed by atoms with E-state index >= 15 is 0 Å². The highest BCUT2D eigenvalue weighted by atomic mass is 32.1. The number of hydrogen-bond donors (Lipinski definition) is 0. The monoisotopic (exact) mass is 194 g/mol. The zero-order valence-electron chi connectivity index (χ0n) is 7.19. The van der Waals surface area contributed by atoms with E-state index in [0.717, 1.165) is 24.4 Å². The van der Waals surface area contributed by atoms with Crippen LogP contribution in [0.4, 0.5) is 0 Å². The summed E-state index contributed by atoms with van der Waals surface area (Å²) in [5, 5.41) is 0. The molecule has 1 amide bonds. The molecule has 1 aromatic heterocycles. The molecule has 0 aromatic carbocycles. The molecule has 1 fully saturated rings. The van der Waals surface area contributed by atoms with Crippen LogP contribution in [0.2, 0.25) is 0 Å². The number of hydrogen-bond acceptors (Lipinski definition) is 3. The molecule has 0 N–H and O–H groups in total. The van der Waals surface area contributed by atoms with E-state index in [1.807, 2.05) is 4.90 Å². The molecule has 0 atom stereocenters. The lowest BCUT2D eigenvalue weighted by molar-refractivity contribution is 0.0646. The molecule has 2 rings (SSSR count). The zero-order valence-corrected chi connectivity index (χ0v) is 8.01. The molecule has 0 aliphatic carbocycles. The lowest BCUT2D eigenvalue weighted by Crippen LogP contribution is -2.42. The van der Waals surface area contributed by atoms with Crippen molar-refractivity contribution in [1.82, 2.24) is 9.88 Å². The smallest absolute Gasteiger partial charge is 0.273 e. The summed E-state index contributed by atoms with van der Waals surface area (Å²) >= 11 is 1.45. The van der Waals surface area contributed by atoms with E-state index in [1.165, 1.54) is 11.3 Å². The van der Waals surface area contributed by atoms with Gasteiger partial charge in [0.25, 0.3) is 5.91 Å². The van der Waals surface area contributed by atoms with Crippen molar-refractivity contribution in [3.8, 4) is 0 Å². The minimum absolute atomic E-state index is 0.0439. The van der Waals surface area contributed by atoms with E-state index in [0.29, 0.717) is 5.69 Å². The summed E-state index contributed by atoms with van der Waals surface area (Å²) in [4.78, 5) is 18.4. The second kappa shape index (κ2) is 3.30. The number of carbonyl (C=O) groups excluding carboxylic acids is 1. The first kappa shape index (κ1) is 8.44. The third kappa shape index (κ3) is 1.37. The van der Waals surface area contributed by atoms with Crippen molar-refractivity contribution in [3.05, 3.63) is 22.7 Å². The largest absolute Gasteiger partial charge is 0.337 e. The average Bonchev–Trinajstić information content (AvgIpc) is 2.47. The Hall–Kier alpha value is -1.16. The van der Waals surface area contributed by atoms with E-state index in [1.54, 1.807) is 11.6 Å². The molecule has 4 heteroatoms. The van der Waals surface area contributed by atoms with Gasteiger partial charge in [-0.2, -0.15) is 0 Å². The van der Waals surface area contributed by atoms with Crippen molar-refractivity contribution in [2.45, 2.75) is 6.42 Å². The Labute approximate surface area is 80.7 Å². The molecule has 13 heavy (non-hydrogen) atoms. The number of thiazole rings is 1. The third-order valence-corrected chi connectivity index (χ3v) is 2.95. The van der Waals surface area contributed by atoms with Crippen LogP contribution in [0.3, 0.4) is 0 Å². The summed E-state index contributed by atoms with van der Waals surface area (Å²) in [7, 11) is 0. The van der Waals surface area contributed by atoms with Gasteiger partial charge in [-0.1, -0.05) is 6.58 Å². The fraction of sp³-hybridized carbons (Fsp3) is 0.333. The third-order valence-electron chi connectivity index (χ3n) is 2.13. The van der Waals surface area contributed by atoms with Crippen molar-refractivity contribution < 1.29 is 4.79 Å². The highest BCUT2D eigenvalue weighted by Crippen LogP contribution is 2.18. The van der Waals surface area contributed by atoms with Crippen molar-refractivity contribution >= 4 is 23.3 Å². The molecule has 3 nitrogen and oxygen atoms in total. The highest BCUT2D eigenvalue weighted by Gasteiger charge is 2.24. The van der Waals surface area contributed by atoms with Crippen LogP contribution >= 0.6 is 11.3 Å². The van der Waals surface area contributed by atoms with Crippen LogP contribution < -0.4 is 0 Å². The molecule has 68 valence electrons. The normalized spacial score (nSPS) is 15.2. The van der Waals surface area contributed by atoms with Crippen LogP contribution in [0.5, 0.6) is 0 Å². The lowest BCUT2D eigenvalue weighted by Gasteiger charge is -2.30. The van der Waals surface area contributed by atoms with Crippen LogP contribution in [0.15, 0.2) is 12.1 Å². The highest BCUT2D eigenvalue weighted by molar-refractivity contribution is 7.10. The maximum absolute atomic E-state index is 11.7. The Morgan fingerprint density at radius 2 is 2.46 bits per heavy atom. The van der Waals surface area contributed by atoms with Crippen LogP contribution in [0.25, 0.3) is 6.08 Å². The number of carbonyl (C=O) groups is 1. The van der Waals surface area contributed by atoms with Crippen molar-refractivity contribution in [2.24, 2.45) is 0 Å². The Kier molecular flexibility index (Phi) is 2.14. The summed E-state index contributed by atoms with van der Waals surface area (Å²) in [6.45, 7) is 5.39. The van der Waals surface area contributed by atoms with E-state index in [2.05, 4.69) is 11.6 Å². The van der Waals surface area contributed by atoms with Gasteiger partial charge in [0.2, 0.25) is 0 Å². The molecule has 1 saturated heterocycles. The lowest BCUT2D eigenvalue weighted by atomic mass is 10.2. The zero-order chi connectivity index (χ0) is 9.26. The molecular formula is C9H10N2OS. The molecular weight excluding hydrogens is 184 g/mol. The average molecular weight is 194 g/mol. The second-order valence-corrected chi connectivity index (χ2v) is 3.80. The first-order valence-electron chi connectivity index (χ1n) is 4.18. The summed E-state index contributed by atoms with van der Waals surface area (Å²) in [6.07, 6.45) is 2.80. The van der Waals surface area contributed by atoms with Crippen LogP contribution in [-0.2, 0) is 0 Å². The number of rotatable bonds is 2. The first-order chi connectivity index (χ1) is 6.33. The fourth-order valence-corrected chi connectivity index (χ4v) is 1.85. The molecule has 0 bridgehead atoms. The van der Waals surface area contributed by atoms with Crippen molar-refractivity contribution in [3.63, 3.8) is 0 Å². The van der Waals surface area contributed by atoms with Gasteiger partial charge in [-0.15, -0.1) is 11.3 Å². The Morgan fingerprint density at radius 3 is 3.00 bits per heavy atom. The number of aromatic nitrogens is 1. The van der Waals surface area contributed by atoms with E-state index in [9.17, 15) is 4.79 Å². The quantitative estimate of drug-likeness (QED) is 0.717. The molecule has 1 aliphatic heterocycles. The van der Waals surface area contributed by atoms with Crippen molar-refractivity contribution in [1.29, 1.82) is 0 Å². The maximum Gasteiger partial charge on any atom is 0.273 e. The molecule has 2 heterocycles. The van der Waals surface area contributed by atoms with Gasteiger partial charge in [0.1, 0.15) is 5.69 Å². The van der Waals surface area contributed by atoms with E-state index < -0.39 is 0 Å². The minimum atomic E-state index is 0.0439. The summed E-state index contributed by atoms with van der Waals surface area (Å²) in [5.74, 6) is 0.0439. The van der Waals surface area contributed by atoms with Gasteiger partial charge in [-0.05, 0) is 12.5 Å². The van der Waals surface area contributed by atoms with Crippen LogP contribution in [-0.4, -0.2) is 28.9 Å². The molecule has 0 saturated carbocycles. The molecule has 1 aliphatic rings. The van der Waals surface area contributed by atoms with Crippen molar-refractivity contribution in [2.75, 3.05) is 13.1 Å². The van der Waals surface area contributed by atoms with Gasteiger partial charge in [0.15, 0.2) is 0 Å². The van der Waals surface area contributed by atoms with Gasteiger partial charge in [0, 0.05) is 13.1 Å². The van der Waals surface area contributed by atoms with E-state index in [-0.39, 0.29) is 5.91 Å². The SMILES string of the molecule is C=Cc1scnc1C(=O)N1CCC1. The van der Waals surface area contributed by atoms with E-state index in [4.69, 9.17) is 0 Å². The Morgan fingerprint density at radius 1 is 1.69 bits per heavy atom.